The fourth-order valence-corrected chi connectivity index (χ4v) is 2.95. The highest BCUT2D eigenvalue weighted by atomic mass is 19.1. The van der Waals surface area contributed by atoms with Crippen LogP contribution in [0.15, 0.2) is 30.5 Å². The van der Waals surface area contributed by atoms with Crippen molar-refractivity contribution >= 4 is 23.1 Å². The lowest BCUT2D eigenvalue weighted by molar-refractivity contribution is 0.619. The van der Waals surface area contributed by atoms with Gasteiger partial charge in [0, 0.05) is 18.3 Å². The van der Waals surface area contributed by atoms with Crippen molar-refractivity contribution in [1.82, 2.24) is 29.5 Å². The summed E-state index contributed by atoms with van der Waals surface area (Å²) in [6.07, 6.45) is 1.56. The predicted octanol–water partition coefficient (Wildman–Crippen LogP) is 2.58. The normalized spacial score (nSPS) is 11.2. The standard InChI is InChI=1S/C18H17FN8/c1-3-27-15(12-6-7-22-17(20)23-12)24-14-13(25-18(21)26-16(14)27)10-5-4-9(2)11(19)8-10/h4-8H,3H2,1-2H3,(H2,20,22,23)(H2,21,25,26). The van der Waals surface area contributed by atoms with Gasteiger partial charge >= 0.3 is 0 Å². The van der Waals surface area contributed by atoms with Crippen molar-refractivity contribution in [2.75, 3.05) is 11.5 Å². The van der Waals surface area contributed by atoms with Crippen LogP contribution in [0.25, 0.3) is 33.9 Å². The Balaban J connectivity index is 2.03. The van der Waals surface area contributed by atoms with Gasteiger partial charge in [-0.25, -0.2) is 24.3 Å². The Kier molecular flexibility index (Phi) is 3.91. The molecule has 136 valence electrons. The molecule has 0 fully saturated rings. The van der Waals surface area contributed by atoms with E-state index in [0.717, 1.165) is 0 Å². The number of hydrogen-bond donors (Lipinski definition) is 2. The van der Waals surface area contributed by atoms with E-state index >= 15 is 0 Å². The largest absolute Gasteiger partial charge is 0.368 e. The summed E-state index contributed by atoms with van der Waals surface area (Å²) in [6, 6.07) is 6.61. The second-order valence-corrected chi connectivity index (χ2v) is 6.05. The molecule has 0 atom stereocenters. The molecular formula is C18H17FN8. The van der Waals surface area contributed by atoms with Gasteiger partial charge in [-0.1, -0.05) is 12.1 Å². The number of halogens is 1. The topological polar surface area (TPSA) is 121 Å². The van der Waals surface area contributed by atoms with Crippen LogP contribution < -0.4 is 11.5 Å². The maximum Gasteiger partial charge on any atom is 0.222 e. The van der Waals surface area contributed by atoms with Crippen LogP contribution in [0.5, 0.6) is 0 Å². The molecule has 0 aliphatic heterocycles. The van der Waals surface area contributed by atoms with Crippen molar-refractivity contribution in [2.45, 2.75) is 20.4 Å². The Morgan fingerprint density at radius 1 is 1.04 bits per heavy atom. The molecule has 4 rings (SSSR count). The van der Waals surface area contributed by atoms with Gasteiger partial charge in [-0.15, -0.1) is 0 Å². The fourth-order valence-electron chi connectivity index (χ4n) is 2.95. The van der Waals surface area contributed by atoms with Crippen LogP contribution in [0.1, 0.15) is 12.5 Å². The van der Waals surface area contributed by atoms with Crippen molar-refractivity contribution in [3.63, 3.8) is 0 Å². The van der Waals surface area contributed by atoms with E-state index in [1.54, 1.807) is 31.3 Å². The number of rotatable bonds is 3. The summed E-state index contributed by atoms with van der Waals surface area (Å²) in [6.45, 7) is 4.24. The average molecular weight is 364 g/mol. The van der Waals surface area contributed by atoms with Gasteiger partial charge in [0.1, 0.15) is 22.7 Å². The molecule has 0 unspecified atom stereocenters. The fraction of sp³-hybridized carbons (Fsp3) is 0.167. The average Bonchev–Trinajstić information content (AvgIpc) is 3.01. The van der Waals surface area contributed by atoms with Crippen LogP contribution in [0.2, 0.25) is 0 Å². The van der Waals surface area contributed by atoms with Gasteiger partial charge in [0.05, 0.1) is 0 Å². The predicted molar refractivity (Wildman–Crippen MR) is 101 cm³/mol. The minimum Gasteiger partial charge on any atom is -0.368 e. The number of imidazole rings is 1. The maximum atomic E-state index is 14.1. The first-order valence-electron chi connectivity index (χ1n) is 8.37. The summed E-state index contributed by atoms with van der Waals surface area (Å²) >= 11 is 0. The van der Waals surface area contributed by atoms with Crippen LogP contribution >= 0.6 is 0 Å². The van der Waals surface area contributed by atoms with Crippen LogP contribution in [-0.4, -0.2) is 29.5 Å². The molecule has 0 aliphatic carbocycles. The number of nitrogens with zero attached hydrogens (tertiary/aromatic N) is 6. The molecule has 0 spiro atoms. The third-order valence-corrected chi connectivity index (χ3v) is 4.28. The first-order valence-corrected chi connectivity index (χ1v) is 8.37. The molecular weight excluding hydrogens is 347 g/mol. The quantitative estimate of drug-likeness (QED) is 0.573. The number of fused-ring (bicyclic) bond motifs is 1. The van der Waals surface area contributed by atoms with Crippen LogP contribution in [0.4, 0.5) is 16.3 Å². The van der Waals surface area contributed by atoms with Gasteiger partial charge < -0.3 is 16.0 Å². The van der Waals surface area contributed by atoms with E-state index in [1.807, 2.05) is 11.5 Å². The first-order chi connectivity index (χ1) is 13.0. The Morgan fingerprint density at radius 2 is 1.85 bits per heavy atom. The van der Waals surface area contributed by atoms with Gasteiger partial charge in [-0.2, -0.15) is 4.98 Å². The maximum absolute atomic E-state index is 14.1. The molecule has 4 aromatic rings. The molecule has 0 radical (unpaired) electrons. The minimum atomic E-state index is -0.323. The molecule has 3 aromatic heterocycles. The summed E-state index contributed by atoms with van der Waals surface area (Å²) in [7, 11) is 0. The number of anilines is 2. The monoisotopic (exact) mass is 364 g/mol. The second kappa shape index (κ2) is 6.27. The molecule has 9 heteroatoms. The van der Waals surface area contributed by atoms with Gasteiger partial charge in [0.2, 0.25) is 11.9 Å². The lowest BCUT2D eigenvalue weighted by Crippen LogP contribution is -2.04. The second-order valence-electron chi connectivity index (χ2n) is 6.05. The third-order valence-electron chi connectivity index (χ3n) is 4.28. The van der Waals surface area contributed by atoms with Crippen molar-refractivity contribution in [3.8, 4) is 22.8 Å². The van der Waals surface area contributed by atoms with E-state index in [-0.39, 0.29) is 17.7 Å². The molecule has 0 saturated heterocycles. The zero-order valence-electron chi connectivity index (χ0n) is 14.8. The number of aromatic nitrogens is 6. The zero-order valence-corrected chi connectivity index (χ0v) is 14.8. The van der Waals surface area contributed by atoms with Gasteiger partial charge in [-0.3, -0.25) is 0 Å². The van der Waals surface area contributed by atoms with Crippen molar-refractivity contribution in [1.29, 1.82) is 0 Å². The molecule has 0 saturated carbocycles. The number of nitrogens with two attached hydrogens (primary N) is 2. The van der Waals surface area contributed by atoms with E-state index in [2.05, 4.69) is 24.9 Å². The smallest absolute Gasteiger partial charge is 0.222 e. The third kappa shape index (κ3) is 2.82. The SMILES string of the molecule is CCn1c(-c2ccnc(N)n2)nc2c(-c3ccc(C)c(F)c3)nc(N)nc21. The molecule has 8 nitrogen and oxygen atoms in total. The van der Waals surface area contributed by atoms with Crippen molar-refractivity contribution < 1.29 is 4.39 Å². The lowest BCUT2D eigenvalue weighted by Gasteiger charge is -2.06. The van der Waals surface area contributed by atoms with Crippen LogP contribution in [-0.2, 0) is 6.54 Å². The van der Waals surface area contributed by atoms with Crippen molar-refractivity contribution in [3.05, 3.63) is 41.8 Å². The Labute approximate surface area is 154 Å². The highest BCUT2D eigenvalue weighted by molar-refractivity contribution is 5.90. The molecule has 3 heterocycles. The minimum absolute atomic E-state index is 0.0850. The lowest BCUT2D eigenvalue weighted by atomic mass is 10.1. The van der Waals surface area contributed by atoms with Gasteiger partial charge in [0.25, 0.3) is 0 Å². The van der Waals surface area contributed by atoms with Crippen LogP contribution in [0, 0.1) is 12.7 Å². The molecule has 0 aliphatic rings. The molecule has 4 N–H and O–H groups in total. The molecule has 1 aromatic carbocycles. The van der Waals surface area contributed by atoms with Crippen molar-refractivity contribution in [2.24, 2.45) is 0 Å². The Bertz CT molecular complexity index is 1170. The highest BCUT2D eigenvalue weighted by Gasteiger charge is 2.20. The summed E-state index contributed by atoms with van der Waals surface area (Å²) in [5.41, 5.74) is 14.8. The number of aryl methyl sites for hydroxylation is 2. The van der Waals surface area contributed by atoms with E-state index < -0.39 is 0 Å². The summed E-state index contributed by atoms with van der Waals surface area (Å²) in [5.74, 6) is 0.474. The van der Waals surface area contributed by atoms with E-state index in [4.69, 9.17) is 11.5 Å². The summed E-state index contributed by atoms with van der Waals surface area (Å²) < 4.78 is 16.0. The molecule has 27 heavy (non-hydrogen) atoms. The zero-order chi connectivity index (χ0) is 19.1. The van der Waals surface area contributed by atoms with E-state index in [1.165, 1.54) is 6.07 Å². The Morgan fingerprint density at radius 3 is 2.56 bits per heavy atom. The Hall–Kier alpha value is -3.62. The highest BCUT2D eigenvalue weighted by Crippen LogP contribution is 2.31. The number of benzene rings is 1. The number of nitrogen functional groups attached to an aromatic ring is 2. The van der Waals surface area contributed by atoms with Crippen LogP contribution in [0.3, 0.4) is 0 Å². The van der Waals surface area contributed by atoms with E-state index in [9.17, 15) is 4.39 Å². The van der Waals surface area contributed by atoms with Gasteiger partial charge in [0.15, 0.2) is 11.5 Å². The summed E-state index contributed by atoms with van der Waals surface area (Å²) in [5, 5.41) is 0. The van der Waals surface area contributed by atoms with E-state index in [0.29, 0.717) is 46.0 Å². The molecule has 0 amide bonds. The van der Waals surface area contributed by atoms with Gasteiger partial charge in [-0.05, 0) is 31.5 Å². The molecule has 0 bridgehead atoms. The summed E-state index contributed by atoms with van der Waals surface area (Å²) in [4.78, 5) is 21.5. The first kappa shape index (κ1) is 16.8. The number of hydrogen-bond acceptors (Lipinski definition) is 7.